The minimum atomic E-state index is -3.63. The predicted octanol–water partition coefficient (Wildman–Crippen LogP) is 7.54. The molecule has 0 radical (unpaired) electrons. The molecule has 0 saturated heterocycles. The van der Waals surface area contributed by atoms with Crippen LogP contribution < -0.4 is 30.1 Å². The number of carbonyl (C=O) groups is 2. The number of hydrogen-bond acceptors (Lipinski definition) is 10. The first-order valence-electron chi connectivity index (χ1n) is 17.1. The van der Waals surface area contributed by atoms with Crippen molar-refractivity contribution in [3.63, 3.8) is 0 Å². The van der Waals surface area contributed by atoms with Gasteiger partial charge in [-0.3, -0.25) is 14.5 Å². The summed E-state index contributed by atoms with van der Waals surface area (Å²) in [4.78, 5) is 37.4. The number of likely N-dealkylation sites (N-methyl/N-ethyl adjacent to an activating group) is 1. The van der Waals surface area contributed by atoms with E-state index in [0.717, 1.165) is 42.2 Å². The number of aromatic nitrogens is 2. The maximum Gasteiger partial charge on any atom is 0.323 e. The van der Waals surface area contributed by atoms with Gasteiger partial charge in [0.1, 0.15) is 27.9 Å². The van der Waals surface area contributed by atoms with Crippen LogP contribution in [0.3, 0.4) is 0 Å². The first kappa shape index (κ1) is 39.0. The van der Waals surface area contributed by atoms with Gasteiger partial charge in [0, 0.05) is 41.5 Å². The van der Waals surface area contributed by atoms with E-state index in [-0.39, 0.29) is 22.8 Å². The minimum absolute atomic E-state index is 0.173. The first-order chi connectivity index (χ1) is 25.2. The Morgan fingerprint density at radius 2 is 1.62 bits per heavy atom. The molecule has 0 fully saturated rings. The summed E-state index contributed by atoms with van der Waals surface area (Å²) in [5.74, 6) is 1.01. The van der Waals surface area contributed by atoms with Crippen molar-refractivity contribution in [2.24, 2.45) is 0 Å². The van der Waals surface area contributed by atoms with E-state index in [2.05, 4.69) is 49.4 Å². The van der Waals surface area contributed by atoms with Crippen molar-refractivity contribution in [1.82, 2.24) is 20.2 Å². The Balaban J connectivity index is 1.34. The smallest absolute Gasteiger partial charge is 0.323 e. The number of nitrogens with zero attached hydrogens (tertiary/aromatic N) is 3. The van der Waals surface area contributed by atoms with E-state index in [1.165, 1.54) is 18.4 Å². The van der Waals surface area contributed by atoms with E-state index >= 15 is 0 Å². The fourth-order valence-electron chi connectivity index (χ4n) is 5.57. The van der Waals surface area contributed by atoms with Crippen LogP contribution in [0.1, 0.15) is 50.7 Å². The molecule has 0 atom stereocenters. The van der Waals surface area contributed by atoms with Crippen LogP contribution in [-0.4, -0.2) is 74.8 Å². The lowest BCUT2D eigenvalue weighted by atomic mass is 9.86. The lowest BCUT2D eigenvalue weighted by Gasteiger charge is -2.24. The van der Waals surface area contributed by atoms with Gasteiger partial charge in [0.25, 0.3) is 5.91 Å². The Kier molecular flexibility index (Phi) is 12.2. The Labute approximate surface area is 314 Å². The Bertz CT molecular complexity index is 2210. The molecule has 15 heteroatoms. The van der Waals surface area contributed by atoms with E-state index in [4.69, 9.17) is 9.47 Å². The number of fused-ring (bicyclic) bond motifs is 1. The number of thiazole rings is 1. The van der Waals surface area contributed by atoms with Gasteiger partial charge in [0.2, 0.25) is 10.0 Å². The molecule has 4 N–H and O–H groups in total. The number of nitrogens with one attached hydrogen (secondary N) is 4. The molecule has 2 aromatic heterocycles. The summed E-state index contributed by atoms with van der Waals surface area (Å²) in [6.07, 6.45) is 2.68. The van der Waals surface area contributed by atoms with Crippen molar-refractivity contribution in [3.8, 4) is 28.0 Å². The molecule has 3 aromatic carbocycles. The molecule has 5 rings (SSSR count). The summed E-state index contributed by atoms with van der Waals surface area (Å²) in [5.41, 5.74) is 2.35. The van der Waals surface area contributed by atoms with E-state index in [9.17, 15) is 18.0 Å². The van der Waals surface area contributed by atoms with Gasteiger partial charge in [-0.25, -0.2) is 18.2 Å². The molecule has 13 nitrogen and oxygen atoms in total. The molecule has 53 heavy (non-hydrogen) atoms. The van der Waals surface area contributed by atoms with E-state index in [1.54, 1.807) is 48.0 Å². The third-order valence-electron chi connectivity index (χ3n) is 8.36. The van der Waals surface area contributed by atoms with Gasteiger partial charge in [0.05, 0.1) is 30.4 Å². The molecule has 3 amide bonds. The summed E-state index contributed by atoms with van der Waals surface area (Å²) in [6, 6.07) is 17.4. The second-order valence-corrected chi connectivity index (χ2v) is 15.9. The lowest BCUT2D eigenvalue weighted by molar-refractivity contribution is 0.0944. The third kappa shape index (κ3) is 10.0. The van der Waals surface area contributed by atoms with Crippen LogP contribution in [0.5, 0.6) is 17.2 Å². The number of amides is 3. The van der Waals surface area contributed by atoms with Gasteiger partial charge < -0.3 is 30.3 Å². The highest BCUT2D eigenvalue weighted by Crippen LogP contribution is 2.40. The number of hydrogen-bond donors (Lipinski definition) is 4. The number of methoxy groups -OCH3 is 1. The number of anilines is 3. The van der Waals surface area contributed by atoms with Crippen LogP contribution in [0.4, 0.5) is 21.9 Å². The summed E-state index contributed by atoms with van der Waals surface area (Å²) in [6.45, 7) is 13.3. The summed E-state index contributed by atoms with van der Waals surface area (Å²) >= 11 is 1.33. The normalized spacial score (nSPS) is 11.7. The fraction of sp³-hybridized carbons (Fsp3) is 0.316. The fourth-order valence-corrected chi connectivity index (χ4v) is 6.89. The van der Waals surface area contributed by atoms with Crippen LogP contribution in [0.2, 0.25) is 0 Å². The Hall–Kier alpha value is -5.25. The molecule has 0 saturated carbocycles. The zero-order chi connectivity index (χ0) is 38.3. The van der Waals surface area contributed by atoms with Gasteiger partial charge in [-0.1, -0.05) is 58.9 Å². The zero-order valence-electron chi connectivity index (χ0n) is 30.9. The van der Waals surface area contributed by atoms with Crippen LogP contribution in [0.15, 0.2) is 72.2 Å². The van der Waals surface area contributed by atoms with Crippen molar-refractivity contribution in [2.75, 3.05) is 54.9 Å². The molecule has 5 aromatic rings. The van der Waals surface area contributed by atoms with Crippen molar-refractivity contribution in [3.05, 3.63) is 83.5 Å². The average molecular weight is 760 g/mol. The standard InChI is InChI=1S/C38H45N7O6S2/c1-8-45(9-2)19-18-40-35(46)32-23-52-36(41-32)31-22-25(16-17-39-31)51-33-15-14-28(26-12-10-11-13-27(26)33)42-37(47)43-29-20-24(38(3,4)5)21-30(34(29)50-6)44-53(7,48)49/h10-17,20-23,44H,8-9,18-19H2,1-7H3,(H,40,46)(H2,42,43,47). The van der Waals surface area contributed by atoms with Crippen molar-refractivity contribution >= 4 is 61.1 Å². The van der Waals surface area contributed by atoms with Crippen molar-refractivity contribution < 1.29 is 27.5 Å². The number of urea groups is 1. The van der Waals surface area contributed by atoms with E-state index in [1.807, 2.05) is 45.0 Å². The molecule has 0 aliphatic carbocycles. The topological polar surface area (TPSA) is 164 Å². The second kappa shape index (κ2) is 16.6. The highest BCUT2D eigenvalue weighted by molar-refractivity contribution is 7.92. The van der Waals surface area contributed by atoms with Crippen molar-refractivity contribution in [1.29, 1.82) is 0 Å². The summed E-state index contributed by atoms with van der Waals surface area (Å²) in [7, 11) is -2.23. The number of pyridine rings is 1. The predicted molar refractivity (Wildman–Crippen MR) is 212 cm³/mol. The van der Waals surface area contributed by atoms with Gasteiger partial charge in [0.15, 0.2) is 5.75 Å². The number of benzene rings is 3. The average Bonchev–Trinajstić information content (AvgIpc) is 3.61. The highest BCUT2D eigenvalue weighted by Gasteiger charge is 2.23. The number of carbonyl (C=O) groups excluding carboxylic acids is 2. The van der Waals surface area contributed by atoms with Crippen molar-refractivity contribution in [2.45, 2.75) is 40.0 Å². The monoisotopic (exact) mass is 759 g/mol. The molecule has 0 bridgehead atoms. The third-order valence-corrected chi connectivity index (χ3v) is 9.81. The van der Waals surface area contributed by atoms with Crippen LogP contribution in [0, 0.1) is 0 Å². The largest absolute Gasteiger partial charge is 0.492 e. The van der Waals surface area contributed by atoms with Gasteiger partial charge in [-0.05, 0) is 54.4 Å². The van der Waals surface area contributed by atoms with Crippen LogP contribution in [-0.2, 0) is 15.4 Å². The quantitative estimate of drug-likeness (QED) is 0.0896. The number of sulfonamides is 1. The van der Waals surface area contributed by atoms with Gasteiger partial charge in [-0.15, -0.1) is 11.3 Å². The molecule has 0 spiro atoms. The zero-order valence-corrected chi connectivity index (χ0v) is 32.5. The number of rotatable bonds is 14. The highest BCUT2D eigenvalue weighted by atomic mass is 32.2. The van der Waals surface area contributed by atoms with Crippen LogP contribution in [0.25, 0.3) is 21.5 Å². The minimum Gasteiger partial charge on any atom is -0.492 e. The molecule has 0 unspecified atom stereocenters. The maximum absolute atomic E-state index is 13.5. The molecular formula is C38H45N7O6S2. The molecule has 0 aliphatic rings. The van der Waals surface area contributed by atoms with Gasteiger partial charge in [-0.2, -0.15) is 0 Å². The second-order valence-electron chi connectivity index (χ2n) is 13.3. The Morgan fingerprint density at radius 3 is 2.30 bits per heavy atom. The molecule has 2 heterocycles. The maximum atomic E-state index is 13.5. The van der Waals surface area contributed by atoms with E-state index < -0.39 is 16.1 Å². The van der Waals surface area contributed by atoms with E-state index in [0.29, 0.717) is 45.8 Å². The van der Waals surface area contributed by atoms with Gasteiger partial charge >= 0.3 is 6.03 Å². The molecule has 0 aliphatic heterocycles. The lowest BCUT2D eigenvalue weighted by Crippen LogP contribution is -2.34. The first-order valence-corrected chi connectivity index (χ1v) is 19.9. The molecule has 280 valence electrons. The summed E-state index contributed by atoms with van der Waals surface area (Å²) < 4.78 is 38.7. The van der Waals surface area contributed by atoms with Crippen LogP contribution >= 0.6 is 11.3 Å². The number of ether oxygens (including phenoxy) is 2. The Morgan fingerprint density at radius 1 is 0.925 bits per heavy atom. The SMILES string of the molecule is CCN(CC)CCNC(=O)c1csc(-c2cc(Oc3ccc(NC(=O)Nc4cc(C(C)(C)C)cc(NS(C)(=O)=O)c4OC)c4ccccc34)ccn2)n1. The summed E-state index contributed by atoms with van der Waals surface area (Å²) in [5, 5.41) is 12.5. The molecular weight excluding hydrogens is 715 g/mol.